The lowest BCUT2D eigenvalue weighted by molar-refractivity contribution is -0.133. The zero-order valence-electron chi connectivity index (χ0n) is 10.3. The number of hydrogen-bond donors (Lipinski definition) is 1. The highest BCUT2D eigenvalue weighted by Gasteiger charge is 2.09. The number of carbonyl (C=O) groups is 1. The van der Waals surface area contributed by atoms with Crippen molar-refractivity contribution in [3.63, 3.8) is 0 Å². The van der Waals surface area contributed by atoms with Crippen molar-refractivity contribution in [1.29, 1.82) is 0 Å². The molecule has 0 fully saturated rings. The van der Waals surface area contributed by atoms with E-state index < -0.39 is 5.97 Å². The molecule has 19 heavy (non-hydrogen) atoms. The molecule has 100 valence electrons. The van der Waals surface area contributed by atoms with Crippen LogP contribution in [0.5, 0.6) is 5.75 Å². The molecule has 0 aliphatic carbocycles. The molecule has 1 aromatic carbocycles. The number of carboxylic acids is 1. The molecule has 0 bridgehead atoms. The summed E-state index contributed by atoms with van der Waals surface area (Å²) in [6.45, 7) is 2.54. The first kappa shape index (κ1) is 13.4. The molecule has 6 nitrogen and oxygen atoms in total. The monoisotopic (exact) mass is 279 g/mol. The summed E-state index contributed by atoms with van der Waals surface area (Å²) in [5, 5.41) is 16.9. The fourth-order valence-electron chi connectivity index (χ4n) is 1.50. The van der Waals surface area contributed by atoms with Crippen LogP contribution in [0.2, 0.25) is 0 Å². The smallest absolute Gasteiger partial charge is 0.313 e. The summed E-state index contributed by atoms with van der Waals surface area (Å²) in [5.74, 6) is -0.138. The number of nitrogens with zero attached hydrogens (tertiary/aromatic N) is 3. The van der Waals surface area contributed by atoms with Gasteiger partial charge in [0, 0.05) is 5.69 Å². The molecule has 2 rings (SSSR count). The van der Waals surface area contributed by atoms with Gasteiger partial charge in [-0.25, -0.2) is 0 Å². The Balaban J connectivity index is 2.17. The molecule has 2 aromatic rings. The van der Waals surface area contributed by atoms with E-state index in [9.17, 15) is 4.79 Å². The van der Waals surface area contributed by atoms with Gasteiger partial charge in [0.25, 0.3) is 0 Å². The summed E-state index contributed by atoms with van der Waals surface area (Å²) < 4.78 is 7.10. The van der Waals surface area contributed by atoms with Crippen LogP contribution in [0, 0.1) is 0 Å². The van der Waals surface area contributed by atoms with Crippen LogP contribution >= 0.6 is 11.8 Å². The van der Waals surface area contributed by atoms with Gasteiger partial charge < -0.3 is 9.84 Å². The zero-order valence-corrected chi connectivity index (χ0v) is 11.1. The van der Waals surface area contributed by atoms with Crippen LogP contribution in [-0.4, -0.2) is 38.2 Å². The molecule has 0 unspecified atom stereocenters. The third kappa shape index (κ3) is 3.47. The predicted octanol–water partition coefficient (Wildman–Crippen LogP) is 1.84. The molecule has 0 saturated carbocycles. The number of benzene rings is 1. The Labute approximate surface area is 114 Å². The molecule has 1 aromatic heterocycles. The fourth-order valence-corrected chi connectivity index (χ4v) is 2.14. The largest absolute Gasteiger partial charge is 0.494 e. The third-order valence-corrected chi connectivity index (χ3v) is 3.19. The van der Waals surface area contributed by atoms with Gasteiger partial charge in [-0.3, -0.25) is 9.36 Å². The highest BCUT2D eigenvalue weighted by Crippen LogP contribution is 2.21. The van der Waals surface area contributed by atoms with Crippen molar-refractivity contribution in [2.24, 2.45) is 0 Å². The van der Waals surface area contributed by atoms with E-state index in [0.29, 0.717) is 11.8 Å². The molecule has 0 atom stereocenters. The summed E-state index contributed by atoms with van der Waals surface area (Å²) in [4.78, 5) is 10.6. The van der Waals surface area contributed by atoms with Crippen molar-refractivity contribution in [2.45, 2.75) is 12.1 Å². The van der Waals surface area contributed by atoms with Gasteiger partial charge in [0.05, 0.1) is 12.4 Å². The minimum atomic E-state index is -0.883. The fraction of sp³-hybridized carbons (Fsp3) is 0.250. The number of ether oxygens (including phenoxy) is 1. The normalized spacial score (nSPS) is 10.4. The highest BCUT2D eigenvalue weighted by atomic mass is 32.2. The molecule has 1 N–H and O–H groups in total. The Morgan fingerprint density at radius 3 is 2.79 bits per heavy atom. The maximum absolute atomic E-state index is 10.6. The molecule has 0 radical (unpaired) electrons. The van der Waals surface area contributed by atoms with Crippen molar-refractivity contribution in [2.75, 3.05) is 12.4 Å². The molecule has 1 heterocycles. The molecule has 7 heteroatoms. The molecular formula is C12H13N3O3S. The van der Waals surface area contributed by atoms with Gasteiger partial charge in [-0.15, -0.1) is 10.2 Å². The Hall–Kier alpha value is -2.02. The van der Waals surface area contributed by atoms with Crippen LogP contribution < -0.4 is 4.74 Å². The van der Waals surface area contributed by atoms with Crippen LogP contribution in [0.25, 0.3) is 5.69 Å². The topological polar surface area (TPSA) is 77.2 Å². The van der Waals surface area contributed by atoms with Crippen molar-refractivity contribution in [3.05, 3.63) is 30.6 Å². The lowest BCUT2D eigenvalue weighted by Gasteiger charge is -2.07. The third-order valence-electron chi connectivity index (χ3n) is 2.27. The van der Waals surface area contributed by atoms with E-state index in [1.807, 2.05) is 31.2 Å². The van der Waals surface area contributed by atoms with Crippen LogP contribution in [0.4, 0.5) is 0 Å². The summed E-state index contributed by atoms with van der Waals surface area (Å²) >= 11 is 1.13. The Kier molecular flexibility index (Phi) is 4.40. The van der Waals surface area contributed by atoms with Crippen LogP contribution in [0.15, 0.2) is 35.7 Å². The number of aromatic nitrogens is 3. The number of aliphatic carboxylic acids is 1. The molecule has 0 spiro atoms. The average Bonchev–Trinajstić information content (AvgIpc) is 2.86. The van der Waals surface area contributed by atoms with Gasteiger partial charge in [0.1, 0.15) is 12.1 Å². The van der Waals surface area contributed by atoms with Gasteiger partial charge in [-0.2, -0.15) is 0 Å². The van der Waals surface area contributed by atoms with Gasteiger partial charge >= 0.3 is 5.97 Å². The summed E-state index contributed by atoms with van der Waals surface area (Å²) in [6, 6.07) is 7.45. The van der Waals surface area contributed by atoms with E-state index in [0.717, 1.165) is 23.2 Å². The molecule has 0 aliphatic heterocycles. The lowest BCUT2D eigenvalue weighted by atomic mass is 10.3. The van der Waals surface area contributed by atoms with E-state index in [2.05, 4.69) is 10.2 Å². The average molecular weight is 279 g/mol. The molecule has 0 saturated heterocycles. The molecule has 0 aliphatic rings. The number of carboxylic acid groups (broad SMARTS) is 1. The van der Waals surface area contributed by atoms with E-state index in [4.69, 9.17) is 9.84 Å². The van der Waals surface area contributed by atoms with Gasteiger partial charge in [-0.1, -0.05) is 11.8 Å². The quantitative estimate of drug-likeness (QED) is 0.813. The van der Waals surface area contributed by atoms with Crippen molar-refractivity contribution in [3.8, 4) is 11.4 Å². The first-order chi connectivity index (χ1) is 9.20. The predicted molar refractivity (Wildman–Crippen MR) is 70.9 cm³/mol. The number of hydrogen-bond acceptors (Lipinski definition) is 5. The summed E-state index contributed by atoms with van der Waals surface area (Å²) in [7, 11) is 0. The van der Waals surface area contributed by atoms with Crippen molar-refractivity contribution < 1.29 is 14.6 Å². The second kappa shape index (κ2) is 6.24. The van der Waals surface area contributed by atoms with Gasteiger partial charge in [0.15, 0.2) is 5.16 Å². The molecular weight excluding hydrogens is 266 g/mol. The van der Waals surface area contributed by atoms with Gasteiger partial charge in [0.2, 0.25) is 0 Å². The minimum Gasteiger partial charge on any atom is -0.494 e. The first-order valence-electron chi connectivity index (χ1n) is 5.68. The summed E-state index contributed by atoms with van der Waals surface area (Å²) in [5.41, 5.74) is 0.862. The molecule has 0 amide bonds. The van der Waals surface area contributed by atoms with E-state index in [-0.39, 0.29) is 5.75 Å². The van der Waals surface area contributed by atoms with Crippen LogP contribution in [0.3, 0.4) is 0 Å². The highest BCUT2D eigenvalue weighted by molar-refractivity contribution is 7.99. The van der Waals surface area contributed by atoms with Crippen molar-refractivity contribution >= 4 is 17.7 Å². The maximum Gasteiger partial charge on any atom is 0.313 e. The van der Waals surface area contributed by atoms with E-state index in [1.165, 1.54) is 0 Å². The SMILES string of the molecule is CCOc1ccc(-n2cnnc2SCC(=O)O)cc1. The zero-order chi connectivity index (χ0) is 13.7. The second-order valence-corrected chi connectivity index (χ2v) is 4.54. The standard InChI is InChI=1S/C12H13N3O3S/c1-2-18-10-5-3-9(4-6-10)15-8-13-14-12(15)19-7-11(16)17/h3-6,8H,2,7H2,1H3,(H,16,17). The first-order valence-corrected chi connectivity index (χ1v) is 6.67. The van der Waals surface area contributed by atoms with Crippen LogP contribution in [-0.2, 0) is 4.79 Å². The van der Waals surface area contributed by atoms with Crippen LogP contribution in [0.1, 0.15) is 6.92 Å². The Morgan fingerprint density at radius 2 is 2.16 bits per heavy atom. The Bertz CT molecular complexity index is 554. The van der Waals surface area contributed by atoms with Crippen molar-refractivity contribution in [1.82, 2.24) is 14.8 Å². The number of rotatable bonds is 6. The minimum absolute atomic E-state index is 0.0459. The second-order valence-electron chi connectivity index (χ2n) is 3.59. The lowest BCUT2D eigenvalue weighted by Crippen LogP contribution is -2.01. The Morgan fingerprint density at radius 1 is 1.42 bits per heavy atom. The van der Waals surface area contributed by atoms with E-state index in [1.54, 1.807) is 10.9 Å². The number of thioether (sulfide) groups is 1. The van der Waals surface area contributed by atoms with Gasteiger partial charge in [-0.05, 0) is 31.2 Å². The summed E-state index contributed by atoms with van der Waals surface area (Å²) in [6.07, 6.45) is 1.56. The maximum atomic E-state index is 10.6. The van der Waals surface area contributed by atoms with E-state index >= 15 is 0 Å².